The summed E-state index contributed by atoms with van der Waals surface area (Å²) in [5.41, 5.74) is 1.19. The van der Waals surface area contributed by atoms with Crippen LogP contribution in [-0.2, 0) is 9.47 Å². The summed E-state index contributed by atoms with van der Waals surface area (Å²) in [6.45, 7) is 4.89. The molecule has 2 aliphatic heterocycles. The maximum absolute atomic E-state index is 14.6. The van der Waals surface area contributed by atoms with Crippen LogP contribution in [-0.4, -0.2) is 86.6 Å². The Kier molecular flexibility index (Phi) is 8.76. The minimum absolute atomic E-state index is 0.0225. The van der Waals surface area contributed by atoms with E-state index in [2.05, 4.69) is 25.5 Å². The van der Waals surface area contributed by atoms with E-state index in [4.69, 9.17) is 18.9 Å². The molecule has 0 aliphatic carbocycles. The normalized spacial score (nSPS) is 16.3. The highest BCUT2D eigenvalue weighted by molar-refractivity contribution is 5.97. The highest BCUT2D eigenvalue weighted by Crippen LogP contribution is 2.29. The monoisotopic (exact) mass is 541 g/mol. The third-order valence-corrected chi connectivity index (χ3v) is 6.22. The van der Waals surface area contributed by atoms with Gasteiger partial charge in [0.1, 0.15) is 24.7 Å². The molecule has 3 aromatic rings. The van der Waals surface area contributed by atoms with Crippen molar-refractivity contribution in [1.82, 2.24) is 20.2 Å². The molecule has 6 bridgehead atoms. The Hall–Kier alpha value is -3.87. The van der Waals surface area contributed by atoms with Gasteiger partial charge in [-0.2, -0.15) is 0 Å². The van der Waals surface area contributed by atoms with Crippen molar-refractivity contribution in [2.45, 2.75) is 0 Å². The van der Waals surface area contributed by atoms with E-state index >= 15 is 0 Å². The van der Waals surface area contributed by atoms with Crippen LogP contribution in [0.3, 0.4) is 0 Å². The van der Waals surface area contributed by atoms with Crippen molar-refractivity contribution in [3.05, 3.63) is 59.8 Å². The van der Waals surface area contributed by atoms with E-state index < -0.39 is 11.6 Å². The summed E-state index contributed by atoms with van der Waals surface area (Å²) in [6.07, 6.45) is 1.03. The number of halogens is 2. The fraction of sp³-hybridized carbons (Fsp3) is 0.370. The Labute approximate surface area is 224 Å². The Bertz CT molecular complexity index is 1310. The first-order valence-electron chi connectivity index (χ1n) is 12.7. The number of carbonyl (C=O) groups is 1. The molecule has 2 aromatic carbocycles. The number of nitrogens with zero attached hydrogens (tertiary/aromatic N) is 3. The van der Waals surface area contributed by atoms with Crippen LogP contribution in [0.15, 0.2) is 42.6 Å². The Morgan fingerprint density at radius 1 is 0.923 bits per heavy atom. The molecule has 10 nitrogen and oxygen atoms in total. The van der Waals surface area contributed by atoms with Crippen molar-refractivity contribution in [1.29, 1.82) is 0 Å². The summed E-state index contributed by atoms with van der Waals surface area (Å²) >= 11 is 0. The van der Waals surface area contributed by atoms with Crippen LogP contribution in [0.2, 0.25) is 0 Å². The van der Waals surface area contributed by atoms with Gasteiger partial charge in [0.2, 0.25) is 5.95 Å². The second-order valence-corrected chi connectivity index (χ2v) is 8.89. The molecule has 0 spiro atoms. The molecular formula is C27H29F2N5O5. The first-order chi connectivity index (χ1) is 19.1. The second-order valence-electron chi connectivity index (χ2n) is 8.89. The number of fused-ring (bicyclic) bond motifs is 7. The van der Waals surface area contributed by atoms with Crippen LogP contribution in [0.4, 0.5) is 20.4 Å². The van der Waals surface area contributed by atoms with Crippen LogP contribution >= 0.6 is 0 Å². The van der Waals surface area contributed by atoms with E-state index in [-0.39, 0.29) is 49.7 Å². The van der Waals surface area contributed by atoms with Gasteiger partial charge in [0.15, 0.2) is 17.4 Å². The van der Waals surface area contributed by atoms with Gasteiger partial charge in [-0.1, -0.05) is 0 Å². The number of carbonyl (C=O) groups excluding carboxylic acids is 1. The van der Waals surface area contributed by atoms with Gasteiger partial charge in [-0.05, 0) is 30.3 Å². The third kappa shape index (κ3) is 6.96. The number of anilines is 2. The SMILES string of the molecule is O=C(NCCN1CCOCC1)c1ccc2cc1OCCOCCOc1cc(ccc1F)-c1nc(ncc1F)N2. The molecular weight excluding hydrogens is 512 g/mol. The van der Waals surface area contributed by atoms with Crippen LogP contribution < -0.4 is 20.1 Å². The number of ether oxygens (including phenoxy) is 4. The minimum Gasteiger partial charge on any atom is -0.490 e. The lowest BCUT2D eigenvalue weighted by atomic mass is 10.1. The van der Waals surface area contributed by atoms with Gasteiger partial charge in [-0.3, -0.25) is 9.69 Å². The molecule has 0 radical (unpaired) electrons. The molecule has 3 heterocycles. The van der Waals surface area contributed by atoms with E-state index in [1.165, 1.54) is 18.2 Å². The molecule has 12 heteroatoms. The molecule has 5 rings (SSSR count). The van der Waals surface area contributed by atoms with Gasteiger partial charge in [-0.15, -0.1) is 0 Å². The number of hydrogen-bond donors (Lipinski definition) is 2. The van der Waals surface area contributed by atoms with Crippen molar-refractivity contribution in [3.63, 3.8) is 0 Å². The highest BCUT2D eigenvalue weighted by Gasteiger charge is 2.17. The largest absolute Gasteiger partial charge is 0.490 e. The van der Waals surface area contributed by atoms with E-state index in [9.17, 15) is 13.6 Å². The summed E-state index contributed by atoms with van der Waals surface area (Å²) in [6, 6.07) is 8.97. The van der Waals surface area contributed by atoms with E-state index in [0.717, 1.165) is 25.8 Å². The van der Waals surface area contributed by atoms with Gasteiger partial charge in [-0.25, -0.2) is 18.7 Å². The zero-order valence-corrected chi connectivity index (χ0v) is 21.3. The Morgan fingerprint density at radius 2 is 1.69 bits per heavy atom. The summed E-state index contributed by atoms with van der Waals surface area (Å²) in [4.78, 5) is 23.5. The molecule has 206 valence electrons. The van der Waals surface area contributed by atoms with Gasteiger partial charge in [0.05, 0.1) is 38.2 Å². The number of amides is 1. The van der Waals surface area contributed by atoms with Crippen LogP contribution in [0.1, 0.15) is 10.4 Å². The number of aromatic nitrogens is 2. The van der Waals surface area contributed by atoms with E-state index in [1.807, 2.05) is 0 Å². The van der Waals surface area contributed by atoms with Crippen LogP contribution in [0.25, 0.3) is 11.3 Å². The molecule has 1 fully saturated rings. The summed E-state index contributed by atoms with van der Waals surface area (Å²) in [5.74, 6) is -1.12. The van der Waals surface area contributed by atoms with Gasteiger partial charge < -0.3 is 29.6 Å². The molecule has 39 heavy (non-hydrogen) atoms. The lowest BCUT2D eigenvalue weighted by molar-refractivity contribution is 0.0383. The summed E-state index contributed by atoms with van der Waals surface area (Å²) in [5, 5.41) is 5.96. The molecule has 0 atom stereocenters. The molecule has 1 amide bonds. The predicted octanol–water partition coefficient (Wildman–Crippen LogP) is 3.02. The fourth-order valence-corrected chi connectivity index (χ4v) is 4.20. The number of nitrogens with one attached hydrogen (secondary N) is 2. The molecule has 1 saturated heterocycles. The van der Waals surface area contributed by atoms with Crippen molar-refractivity contribution in [3.8, 4) is 22.8 Å². The maximum Gasteiger partial charge on any atom is 0.255 e. The number of morpholine rings is 1. The summed E-state index contributed by atoms with van der Waals surface area (Å²) in [7, 11) is 0. The number of benzene rings is 2. The van der Waals surface area contributed by atoms with Gasteiger partial charge in [0.25, 0.3) is 5.91 Å². The average Bonchev–Trinajstić information content (AvgIpc) is 2.95. The third-order valence-electron chi connectivity index (χ3n) is 6.22. The molecule has 2 aliphatic rings. The quantitative estimate of drug-likeness (QED) is 0.516. The standard InChI is InChI=1S/C27H29F2N5O5/c28-21-4-1-18-15-24(21)39-14-12-37-11-13-38-23-16-19(32-27-31-17-22(29)25(18)33-27)2-3-20(23)26(35)30-5-6-34-7-9-36-10-8-34/h1-4,15-17H,5-14H2,(H,30,35)(H,31,32,33). The number of rotatable bonds is 4. The van der Waals surface area contributed by atoms with E-state index in [1.54, 1.807) is 18.2 Å². The average molecular weight is 542 g/mol. The lowest BCUT2D eigenvalue weighted by Crippen LogP contribution is -2.41. The maximum atomic E-state index is 14.6. The Balaban J connectivity index is 1.37. The molecule has 0 unspecified atom stereocenters. The Morgan fingerprint density at radius 3 is 2.51 bits per heavy atom. The van der Waals surface area contributed by atoms with Crippen molar-refractivity contribution >= 4 is 17.5 Å². The van der Waals surface area contributed by atoms with Gasteiger partial charge >= 0.3 is 0 Å². The smallest absolute Gasteiger partial charge is 0.255 e. The van der Waals surface area contributed by atoms with Crippen molar-refractivity contribution < 1.29 is 32.5 Å². The minimum atomic E-state index is -0.674. The first-order valence-corrected chi connectivity index (χ1v) is 12.7. The topological polar surface area (TPSA) is 107 Å². The molecule has 1 aromatic heterocycles. The fourth-order valence-electron chi connectivity index (χ4n) is 4.20. The van der Waals surface area contributed by atoms with Crippen molar-refractivity contribution in [2.75, 3.05) is 71.1 Å². The number of hydrogen-bond acceptors (Lipinski definition) is 9. The first kappa shape index (κ1) is 26.7. The van der Waals surface area contributed by atoms with Crippen molar-refractivity contribution in [2.24, 2.45) is 0 Å². The van der Waals surface area contributed by atoms with Crippen LogP contribution in [0, 0.1) is 11.6 Å². The summed E-state index contributed by atoms with van der Waals surface area (Å²) < 4.78 is 51.2. The molecule has 0 saturated carbocycles. The highest BCUT2D eigenvalue weighted by atomic mass is 19.1. The molecule has 2 N–H and O–H groups in total. The zero-order valence-electron chi connectivity index (χ0n) is 21.3. The zero-order chi connectivity index (χ0) is 27.0. The van der Waals surface area contributed by atoms with E-state index in [0.29, 0.717) is 42.3 Å². The second kappa shape index (κ2) is 12.8. The predicted molar refractivity (Wildman–Crippen MR) is 139 cm³/mol. The van der Waals surface area contributed by atoms with Gasteiger partial charge in [0, 0.05) is 43.5 Å². The lowest BCUT2D eigenvalue weighted by Gasteiger charge is -2.26. The van der Waals surface area contributed by atoms with Crippen LogP contribution in [0.5, 0.6) is 11.5 Å².